The Labute approximate surface area is 165 Å². The molecule has 7 heteroatoms. The number of fused-ring (bicyclic) bond motifs is 1. The zero-order valence-electron chi connectivity index (χ0n) is 15.4. The summed E-state index contributed by atoms with van der Waals surface area (Å²) < 4.78 is 39.7. The Morgan fingerprint density at radius 2 is 1.50 bits per heavy atom. The maximum absolute atomic E-state index is 14.5. The van der Waals surface area contributed by atoms with E-state index in [1.165, 1.54) is 10.4 Å². The third-order valence-electron chi connectivity index (χ3n) is 4.68. The number of benzene rings is 3. The lowest BCUT2D eigenvalue weighted by atomic mass is 10.1. The van der Waals surface area contributed by atoms with Crippen LogP contribution in [0.5, 0.6) is 0 Å². The number of anilines is 3. The summed E-state index contributed by atoms with van der Waals surface area (Å²) in [5.74, 6) is -0.504. The zero-order chi connectivity index (χ0) is 19.7. The molecule has 3 N–H and O–H groups in total. The van der Waals surface area contributed by atoms with Crippen molar-refractivity contribution >= 4 is 28.0 Å². The topological polar surface area (TPSA) is 59.0 Å². The summed E-state index contributed by atoms with van der Waals surface area (Å²) in [6.07, 6.45) is 0. The maximum atomic E-state index is 14.5. The molecule has 3 aromatic carbocycles. The van der Waals surface area contributed by atoms with Crippen molar-refractivity contribution in [1.29, 1.82) is 0 Å². The van der Waals surface area contributed by atoms with Crippen LogP contribution in [0.15, 0.2) is 72.8 Å². The number of nitrogens with zero attached hydrogens (tertiary/aromatic N) is 2. The minimum atomic E-state index is -3.47. The van der Waals surface area contributed by atoms with E-state index in [0.717, 1.165) is 17.7 Å². The molecule has 0 aliphatic carbocycles. The van der Waals surface area contributed by atoms with Gasteiger partial charge in [0.1, 0.15) is 11.5 Å². The molecule has 0 amide bonds. The van der Waals surface area contributed by atoms with Crippen LogP contribution in [0.3, 0.4) is 0 Å². The van der Waals surface area contributed by atoms with Crippen LogP contribution in [-0.4, -0.2) is 16.2 Å². The Kier molecular flexibility index (Phi) is 4.99. The smallest absolute Gasteiger partial charge is 0.148 e. The lowest BCUT2D eigenvalue weighted by molar-refractivity contribution is 0.483. The van der Waals surface area contributed by atoms with Crippen molar-refractivity contribution in [2.24, 2.45) is 0 Å². The average molecular weight is 399 g/mol. The summed E-state index contributed by atoms with van der Waals surface area (Å²) in [6, 6.07) is 21.3. The standard InChI is InChI=1S/C21H22FN3O2S/c1-23-14-16-7-6-8-17(13-16)15-24-20-11-4-5-12-21(20)25(28(24,26)27)19-10-3-2-9-18(19)22/h2-13,23,26-27H,14-15H2,1H3. The summed E-state index contributed by atoms with van der Waals surface area (Å²) >= 11 is 0. The number of nitrogens with one attached hydrogen (secondary N) is 1. The number of hydrogen-bond donors (Lipinski definition) is 3. The molecule has 1 aliphatic heterocycles. The first-order valence-corrected chi connectivity index (χ1v) is 10.4. The minimum absolute atomic E-state index is 0.140. The average Bonchev–Trinajstić information content (AvgIpc) is 2.90. The molecular weight excluding hydrogens is 377 g/mol. The molecular formula is C21H22FN3O2S. The van der Waals surface area contributed by atoms with E-state index in [0.29, 0.717) is 17.9 Å². The summed E-state index contributed by atoms with van der Waals surface area (Å²) in [6.45, 7) is 1.02. The van der Waals surface area contributed by atoms with E-state index in [-0.39, 0.29) is 5.69 Å². The Morgan fingerprint density at radius 3 is 2.21 bits per heavy atom. The molecule has 0 spiro atoms. The molecule has 0 saturated heterocycles. The largest absolute Gasteiger partial charge is 0.316 e. The molecule has 146 valence electrons. The highest BCUT2D eigenvalue weighted by molar-refractivity contribution is 8.27. The van der Waals surface area contributed by atoms with E-state index in [2.05, 4.69) is 5.32 Å². The van der Waals surface area contributed by atoms with Gasteiger partial charge in [-0.1, -0.05) is 48.5 Å². The maximum Gasteiger partial charge on any atom is 0.148 e. The number of halogens is 1. The molecule has 0 atom stereocenters. The number of hydrogen-bond acceptors (Lipinski definition) is 5. The molecule has 1 heterocycles. The first-order valence-electron chi connectivity index (χ1n) is 8.94. The van der Waals surface area contributed by atoms with Crippen LogP contribution >= 0.6 is 11.0 Å². The number of para-hydroxylation sites is 3. The first-order chi connectivity index (χ1) is 13.5. The summed E-state index contributed by atoms with van der Waals surface area (Å²) in [4.78, 5) is 0. The molecule has 3 aromatic rings. The fourth-order valence-electron chi connectivity index (χ4n) is 3.47. The van der Waals surface area contributed by atoms with Crippen LogP contribution in [0.2, 0.25) is 0 Å². The highest BCUT2D eigenvalue weighted by Crippen LogP contribution is 2.64. The molecule has 5 nitrogen and oxygen atoms in total. The van der Waals surface area contributed by atoms with Gasteiger partial charge >= 0.3 is 0 Å². The monoisotopic (exact) mass is 399 g/mol. The van der Waals surface area contributed by atoms with Gasteiger partial charge in [-0.3, -0.25) is 9.11 Å². The van der Waals surface area contributed by atoms with E-state index < -0.39 is 16.8 Å². The van der Waals surface area contributed by atoms with E-state index in [1.807, 2.05) is 43.4 Å². The van der Waals surface area contributed by atoms with Gasteiger partial charge in [0.15, 0.2) is 0 Å². The van der Waals surface area contributed by atoms with Gasteiger partial charge in [-0.15, -0.1) is 0 Å². The minimum Gasteiger partial charge on any atom is -0.316 e. The van der Waals surface area contributed by atoms with Crippen molar-refractivity contribution in [1.82, 2.24) is 5.32 Å². The molecule has 1 aliphatic rings. The van der Waals surface area contributed by atoms with E-state index in [9.17, 15) is 13.5 Å². The molecule has 0 bridgehead atoms. The van der Waals surface area contributed by atoms with E-state index >= 15 is 0 Å². The highest BCUT2D eigenvalue weighted by atomic mass is 32.3. The van der Waals surface area contributed by atoms with Gasteiger partial charge in [0.2, 0.25) is 0 Å². The quantitative estimate of drug-likeness (QED) is 0.545. The molecule has 0 unspecified atom stereocenters. The van der Waals surface area contributed by atoms with E-state index in [4.69, 9.17) is 0 Å². The van der Waals surface area contributed by atoms with Crippen molar-refractivity contribution in [3.05, 3.63) is 89.7 Å². The van der Waals surface area contributed by atoms with Crippen molar-refractivity contribution in [3.63, 3.8) is 0 Å². The van der Waals surface area contributed by atoms with Crippen molar-refractivity contribution in [2.45, 2.75) is 13.1 Å². The summed E-state index contributed by atoms with van der Waals surface area (Å²) in [5.41, 5.74) is 3.41. The van der Waals surface area contributed by atoms with Gasteiger partial charge < -0.3 is 5.32 Å². The van der Waals surface area contributed by atoms with Crippen LogP contribution in [0.4, 0.5) is 21.5 Å². The van der Waals surface area contributed by atoms with Gasteiger partial charge in [-0.05, 0) is 53.4 Å². The van der Waals surface area contributed by atoms with Crippen molar-refractivity contribution < 1.29 is 13.5 Å². The van der Waals surface area contributed by atoms with Gasteiger partial charge in [-0.2, -0.15) is 0 Å². The fourth-order valence-corrected chi connectivity index (χ4v) is 5.24. The lowest BCUT2D eigenvalue weighted by Gasteiger charge is -2.43. The Morgan fingerprint density at radius 1 is 0.857 bits per heavy atom. The molecule has 0 radical (unpaired) electrons. The number of rotatable bonds is 5. The SMILES string of the molecule is CNCc1cccc(CN2c3ccccc3N(c3ccccc3F)S2(O)O)c1. The second kappa shape index (κ2) is 7.44. The Balaban J connectivity index is 1.76. The van der Waals surface area contributed by atoms with Crippen molar-refractivity contribution in [2.75, 3.05) is 15.7 Å². The van der Waals surface area contributed by atoms with Crippen LogP contribution in [-0.2, 0) is 13.1 Å². The van der Waals surface area contributed by atoms with Crippen molar-refractivity contribution in [3.8, 4) is 0 Å². The second-order valence-electron chi connectivity index (χ2n) is 6.61. The lowest BCUT2D eigenvalue weighted by Crippen LogP contribution is -2.31. The Bertz CT molecular complexity index is 999. The molecule has 0 fully saturated rings. The molecule has 28 heavy (non-hydrogen) atoms. The predicted octanol–water partition coefficient (Wildman–Crippen LogP) is 5.28. The van der Waals surface area contributed by atoms with Gasteiger partial charge in [0, 0.05) is 6.54 Å². The molecule has 0 saturated carbocycles. The fraction of sp³-hybridized carbons (Fsp3) is 0.143. The summed E-state index contributed by atoms with van der Waals surface area (Å²) in [5, 5.41) is 3.11. The van der Waals surface area contributed by atoms with Crippen LogP contribution in [0.25, 0.3) is 0 Å². The first kappa shape index (κ1) is 18.8. The van der Waals surface area contributed by atoms with Gasteiger partial charge in [0.05, 0.1) is 17.9 Å². The molecule has 4 rings (SSSR count). The van der Waals surface area contributed by atoms with Gasteiger partial charge in [0.25, 0.3) is 0 Å². The van der Waals surface area contributed by atoms with Gasteiger partial charge in [-0.25, -0.2) is 13.0 Å². The third-order valence-corrected chi connectivity index (χ3v) is 6.48. The highest BCUT2D eigenvalue weighted by Gasteiger charge is 2.42. The summed E-state index contributed by atoms with van der Waals surface area (Å²) in [7, 11) is -1.59. The third kappa shape index (κ3) is 3.22. The van der Waals surface area contributed by atoms with E-state index in [1.54, 1.807) is 34.6 Å². The second-order valence-corrected chi connectivity index (χ2v) is 8.40. The normalized spacial score (nSPS) is 16.1. The Hall–Kier alpha value is -2.58. The van der Waals surface area contributed by atoms with Crippen LogP contribution in [0, 0.1) is 5.82 Å². The molecule has 0 aromatic heterocycles. The predicted molar refractivity (Wildman–Crippen MR) is 113 cm³/mol. The van der Waals surface area contributed by atoms with Crippen LogP contribution in [0.1, 0.15) is 11.1 Å². The van der Waals surface area contributed by atoms with Crippen LogP contribution < -0.4 is 13.9 Å². The zero-order valence-corrected chi connectivity index (χ0v) is 16.2.